The van der Waals surface area contributed by atoms with Gasteiger partial charge >= 0.3 is 0 Å². The van der Waals surface area contributed by atoms with E-state index in [1.807, 2.05) is 49.4 Å². The second-order valence-electron chi connectivity index (χ2n) is 9.76. The summed E-state index contributed by atoms with van der Waals surface area (Å²) in [5, 5.41) is 7.53. The van der Waals surface area contributed by atoms with Gasteiger partial charge < -0.3 is 15.2 Å². The molecule has 9 heteroatoms. The number of hydrogen-bond donors (Lipinski definition) is 2. The van der Waals surface area contributed by atoms with Crippen molar-refractivity contribution in [2.24, 2.45) is 0 Å². The lowest BCUT2D eigenvalue weighted by Crippen LogP contribution is -2.24. The van der Waals surface area contributed by atoms with Gasteiger partial charge in [-0.25, -0.2) is 19.0 Å². The minimum absolute atomic E-state index is 0.269. The quantitative estimate of drug-likeness (QED) is 0.251. The first-order valence-corrected chi connectivity index (χ1v) is 13.3. The molecule has 3 aromatic carbocycles. The smallest absolute Gasteiger partial charge is 0.253 e. The van der Waals surface area contributed by atoms with Gasteiger partial charge in [0, 0.05) is 49.0 Å². The summed E-state index contributed by atoms with van der Waals surface area (Å²) < 4.78 is 17.1. The molecule has 0 spiro atoms. The molecular formula is C32H28FN7O. The topological polar surface area (TPSA) is 91.7 Å². The van der Waals surface area contributed by atoms with Crippen LogP contribution >= 0.6 is 0 Å². The molecule has 0 aliphatic rings. The molecule has 1 amide bonds. The number of carbonyl (C=O) groups is 1. The van der Waals surface area contributed by atoms with Crippen LogP contribution in [-0.2, 0) is 13.1 Å². The van der Waals surface area contributed by atoms with Crippen LogP contribution in [0.4, 0.5) is 10.2 Å². The Morgan fingerprint density at radius 3 is 2.22 bits per heavy atom. The molecule has 2 N–H and O–H groups in total. The number of aromatic amines is 1. The maximum atomic E-state index is 15.6. The number of H-pyrrole nitrogens is 1. The van der Waals surface area contributed by atoms with E-state index in [1.54, 1.807) is 30.1 Å². The summed E-state index contributed by atoms with van der Waals surface area (Å²) in [5.74, 6) is 0.632. The summed E-state index contributed by atoms with van der Waals surface area (Å²) in [4.78, 5) is 27.3. The molecule has 0 fully saturated rings. The summed E-state index contributed by atoms with van der Waals surface area (Å²) in [7, 11) is 1.58. The van der Waals surface area contributed by atoms with E-state index in [0.29, 0.717) is 58.1 Å². The third-order valence-electron chi connectivity index (χ3n) is 7.06. The Kier molecular flexibility index (Phi) is 6.99. The average molecular weight is 546 g/mol. The van der Waals surface area contributed by atoms with Crippen molar-refractivity contribution in [3.8, 4) is 16.9 Å². The van der Waals surface area contributed by atoms with Crippen molar-refractivity contribution in [2.75, 3.05) is 11.9 Å². The number of amides is 1. The molecule has 0 atom stereocenters. The normalized spacial score (nSPS) is 11.1. The lowest BCUT2D eigenvalue weighted by Gasteiger charge is -2.25. The van der Waals surface area contributed by atoms with Gasteiger partial charge in [-0.1, -0.05) is 60.7 Å². The van der Waals surface area contributed by atoms with Crippen LogP contribution in [0.15, 0.2) is 97.5 Å². The molecule has 0 bridgehead atoms. The summed E-state index contributed by atoms with van der Waals surface area (Å²) in [6.07, 6.45) is 3.02. The molecule has 0 saturated carbocycles. The van der Waals surface area contributed by atoms with Crippen molar-refractivity contribution in [3.63, 3.8) is 0 Å². The van der Waals surface area contributed by atoms with Crippen LogP contribution in [0.2, 0.25) is 0 Å². The van der Waals surface area contributed by atoms with E-state index in [1.165, 1.54) is 12.4 Å². The largest absolute Gasteiger partial charge is 0.355 e. The fourth-order valence-corrected chi connectivity index (χ4v) is 5.02. The zero-order valence-corrected chi connectivity index (χ0v) is 22.7. The highest BCUT2D eigenvalue weighted by Gasteiger charge is 2.22. The number of nitrogens with zero attached hydrogens (tertiary/aromatic N) is 5. The summed E-state index contributed by atoms with van der Waals surface area (Å²) >= 11 is 0. The summed E-state index contributed by atoms with van der Waals surface area (Å²) in [6, 6.07) is 27.0. The Hall–Kier alpha value is -5.31. The first-order valence-electron chi connectivity index (χ1n) is 13.3. The number of benzene rings is 3. The number of aromatic nitrogens is 5. The van der Waals surface area contributed by atoms with Gasteiger partial charge in [0.1, 0.15) is 18.0 Å². The molecule has 204 valence electrons. The van der Waals surface area contributed by atoms with Crippen molar-refractivity contribution >= 4 is 22.6 Å². The zero-order valence-electron chi connectivity index (χ0n) is 22.7. The predicted octanol–water partition coefficient (Wildman–Crippen LogP) is 5.82. The maximum absolute atomic E-state index is 15.6. The molecule has 8 nitrogen and oxygen atoms in total. The second-order valence-corrected chi connectivity index (χ2v) is 9.76. The minimum atomic E-state index is -0.426. The van der Waals surface area contributed by atoms with E-state index in [9.17, 15) is 4.79 Å². The van der Waals surface area contributed by atoms with Crippen molar-refractivity contribution in [3.05, 3.63) is 126 Å². The van der Waals surface area contributed by atoms with Crippen molar-refractivity contribution in [1.82, 2.24) is 30.0 Å². The predicted molar refractivity (Wildman–Crippen MR) is 157 cm³/mol. The number of rotatable bonds is 8. The van der Waals surface area contributed by atoms with Gasteiger partial charge in [-0.3, -0.25) is 4.79 Å². The number of nitrogens with one attached hydrogen (secondary N) is 2. The van der Waals surface area contributed by atoms with Crippen molar-refractivity contribution < 1.29 is 9.18 Å². The number of aryl methyl sites for hydroxylation is 1. The monoisotopic (exact) mass is 545 g/mol. The molecule has 0 radical (unpaired) electrons. The molecule has 3 aromatic heterocycles. The molecule has 41 heavy (non-hydrogen) atoms. The summed E-state index contributed by atoms with van der Waals surface area (Å²) in [6.45, 7) is 2.99. The SMILES string of the molecule is CNC(=O)c1cnc(N(Cc2ccccc2)Cc2ccccc2)c2[nH]c(-c3ccc(-n4ncnc4C)cc3F)cc12. The van der Waals surface area contributed by atoms with E-state index in [2.05, 4.69) is 49.5 Å². The van der Waals surface area contributed by atoms with Crippen LogP contribution in [0.5, 0.6) is 0 Å². The first kappa shape index (κ1) is 25.9. The Morgan fingerprint density at radius 1 is 0.951 bits per heavy atom. The Balaban J connectivity index is 1.48. The standard InChI is InChI=1S/C32H28FN7O/c1-21-36-20-37-40(21)24-13-14-25(28(33)15-24)29-16-26-27(32(41)34-2)17-35-31(30(26)38-29)39(18-22-9-5-3-6-10-22)19-23-11-7-4-8-12-23/h3-17,20,38H,18-19H2,1-2H3,(H,34,41). The van der Waals surface area contributed by atoms with Crippen LogP contribution in [0, 0.1) is 12.7 Å². The second kappa shape index (κ2) is 11.1. The van der Waals surface area contributed by atoms with Crippen molar-refractivity contribution in [2.45, 2.75) is 20.0 Å². The highest BCUT2D eigenvalue weighted by atomic mass is 19.1. The van der Waals surface area contributed by atoms with Crippen LogP contribution in [-0.4, -0.2) is 37.7 Å². The van der Waals surface area contributed by atoms with Gasteiger partial charge in [0.25, 0.3) is 5.91 Å². The van der Waals surface area contributed by atoms with Gasteiger partial charge in [0.15, 0.2) is 5.82 Å². The van der Waals surface area contributed by atoms with E-state index in [-0.39, 0.29) is 5.91 Å². The molecule has 6 aromatic rings. The number of fused-ring (bicyclic) bond motifs is 1. The van der Waals surface area contributed by atoms with E-state index in [4.69, 9.17) is 4.98 Å². The van der Waals surface area contributed by atoms with Crippen LogP contribution in [0.25, 0.3) is 27.8 Å². The van der Waals surface area contributed by atoms with Crippen LogP contribution < -0.4 is 10.2 Å². The Labute approximate surface area is 236 Å². The molecule has 6 rings (SSSR count). The number of hydrogen-bond acceptors (Lipinski definition) is 5. The third kappa shape index (κ3) is 5.17. The third-order valence-corrected chi connectivity index (χ3v) is 7.06. The molecule has 0 aliphatic carbocycles. The van der Waals surface area contributed by atoms with Gasteiger partial charge in [0.05, 0.1) is 16.8 Å². The van der Waals surface area contributed by atoms with Gasteiger partial charge in [-0.05, 0) is 36.2 Å². The van der Waals surface area contributed by atoms with E-state index >= 15 is 4.39 Å². The molecule has 3 heterocycles. The highest BCUT2D eigenvalue weighted by Crippen LogP contribution is 2.34. The zero-order chi connectivity index (χ0) is 28.3. The average Bonchev–Trinajstić information content (AvgIpc) is 3.63. The lowest BCUT2D eigenvalue weighted by molar-refractivity contribution is 0.0964. The fourth-order valence-electron chi connectivity index (χ4n) is 5.02. The summed E-state index contributed by atoms with van der Waals surface area (Å²) in [5.41, 5.74) is 4.78. The van der Waals surface area contributed by atoms with E-state index in [0.717, 1.165) is 11.1 Å². The number of carbonyl (C=O) groups excluding carboxylic acids is 1. The Bertz CT molecular complexity index is 1790. The number of pyridine rings is 1. The molecular weight excluding hydrogens is 517 g/mol. The fraction of sp³-hybridized carbons (Fsp3) is 0.125. The molecule has 0 unspecified atom stereocenters. The van der Waals surface area contributed by atoms with Crippen molar-refractivity contribution in [1.29, 1.82) is 0 Å². The first-order chi connectivity index (χ1) is 20.0. The van der Waals surface area contributed by atoms with Gasteiger partial charge in [-0.2, -0.15) is 5.10 Å². The highest BCUT2D eigenvalue weighted by molar-refractivity contribution is 6.09. The van der Waals surface area contributed by atoms with Crippen LogP contribution in [0.3, 0.4) is 0 Å². The lowest BCUT2D eigenvalue weighted by atomic mass is 10.1. The Morgan fingerprint density at radius 2 is 1.63 bits per heavy atom. The number of anilines is 1. The molecule has 0 aliphatic heterocycles. The minimum Gasteiger partial charge on any atom is -0.355 e. The number of halogens is 1. The molecule has 0 saturated heterocycles. The van der Waals surface area contributed by atoms with E-state index < -0.39 is 5.82 Å². The van der Waals surface area contributed by atoms with Gasteiger partial charge in [0.2, 0.25) is 0 Å². The maximum Gasteiger partial charge on any atom is 0.253 e. The van der Waals surface area contributed by atoms with Gasteiger partial charge in [-0.15, -0.1) is 0 Å². The van der Waals surface area contributed by atoms with Crippen LogP contribution in [0.1, 0.15) is 27.3 Å².